The average Bonchev–Trinajstić information content (AvgIpc) is 3.06. The second kappa shape index (κ2) is 6.99. The van der Waals surface area contributed by atoms with E-state index in [4.69, 9.17) is 0 Å². The van der Waals surface area contributed by atoms with Gasteiger partial charge >= 0.3 is 0 Å². The normalized spacial score (nSPS) is 19.0. The minimum atomic E-state index is 0.474. The Labute approximate surface area is 147 Å². The average molecular weight is 337 g/mol. The van der Waals surface area contributed by atoms with E-state index in [9.17, 15) is 0 Å². The van der Waals surface area contributed by atoms with Gasteiger partial charge in [0.1, 0.15) is 0 Å². The highest BCUT2D eigenvalue weighted by atomic mass is 32.2. The molecule has 4 heteroatoms. The van der Waals surface area contributed by atoms with Gasteiger partial charge in [0.05, 0.1) is 17.8 Å². The lowest BCUT2D eigenvalue weighted by Crippen LogP contribution is -2.36. The van der Waals surface area contributed by atoms with Crippen molar-refractivity contribution in [2.75, 3.05) is 19.3 Å². The summed E-state index contributed by atoms with van der Waals surface area (Å²) in [6, 6.07) is 17.9. The Morgan fingerprint density at radius 2 is 2.08 bits per heavy atom. The monoisotopic (exact) mass is 337 g/mol. The summed E-state index contributed by atoms with van der Waals surface area (Å²) in [5.41, 5.74) is 2.67. The third-order valence-electron chi connectivity index (χ3n) is 4.87. The van der Waals surface area contributed by atoms with Crippen LogP contribution in [0.15, 0.2) is 59.6 Å². The number of fused-ring (bicyclic) bond motifs is 1. The molecule has 1 fully saturated rings. The molecule has 1 aliphatic heterocycles. The third-order valence-corrected chi connectivity index (χ3v) is 5.60. The largest absolute Gasteiger partial charge is 0.297 e. The van der Waals surface area contributed by atoms with Gasteiger partial charge in [0.25, 0.3) is 0 Å². The Hall–Kier alpha value is -1.78. The zero-order chi connectivity index (χ0) is 16.4. The predicted molar refractivity (Wildman–Crippen MR) is 102 cm³/mol. The molecular weight excluding hydrogens is 314 g/mol. The highest BCUT2D eigenvalue weighted by Crippen LogP contribution is 2.26. The van der Waals surface area contributed by atoms with Crippen molar-refractivity contribution in [1.29, 1.82) is 0 Å². The first kappa shape index (κ1) is 15.7. The van der Waals surface area contributed by atoms with E-state index < -0.39 is 0 Å². The van der Waals surface area contributed by atoms with E-state index in [0.717, 1.165) is 13.1 Å². The Morgan fingerprint density at radius 3 is 3.00 bits per heavy atom. The van der Waals surface area contributed by atoms with Crippen molar-refractivity contribution in [2.24, 2.45) is 0 Å². The topological polar surface area (TPSA) is 21.1 Å². The van der Waals surface area contributed by atoms with Gasteiger partial charge in [-0.25, -0.2) is 0 Å². The van der Waals surface area contributed by atoms with E-state index in [1.807, 2.05) is 18.0 Å². The zero-order valence-electron chi connectivity index (χ0n) is 14.1. The number of hydrogen-bond donors (Lipinski definition) is 0. The number of thioether (sulfide) groups is 1. The Morgan fingerprint density at radius 1 is 1.17 bits per heavy atom. The van der Waals surface area contributed by atoms with Crippen LogP contribution < -0.4 is 0 Å². The minimum absolute atomic E-state index is 0.474. The highest BCUT2D eigenvalue weighted by Gasteiger charge is 2.23. The van der Waals surface area contributed by atoms with Gasteiger partial charge < -0.3 is 0 Å². The lowest BCUT2D eigenvalue weighted by Gasteiger charge is -2.33. The summed E-state index contributed by atoms with van der Waals surface area (Å²) in [5.74, 6) is 0. The van der Waals surface area contributed by atoms with Gasteiger partial charge in [-0.2, -0.15) is 5.10 Å². The fourth-order valence-electron chi connectivity index (χ4n) is 3.69. The number of para-hydroxylation sites is 1. The maximum Gasteiger partial charge on any atom is 0.0686 e. The summed E-state index contributed by atoms with van der Waals surface area (Å²) in [5, 5.41) is 5.91. The van der Waals surface area contributed by atoms with Crippen molar-refractivity contribution in [2.45, 2.75) is 30.3 Å². The highest BCUT2D eigenvalue weighted by molar-refractivity contribution is 7.98. The predicted octanol–water partition coefficient (Wildman–Crippen LogP) is 4.60. The molecule has 0 radical (unpaired) electrons. The molecule has 1 aliphatic rings. The number of benzene rings is 2. The maximum absolute atomic E-state index is 4.67. The standard InChI is InChI=1S/C20H23N3S/c1-24-19-9-4-6-16(12-19)14-22-11-5-8-18(15-22)23-20-10-3-2-7-17(20)13-21-23/h2-4,6-7,9-10,12-13,18H,5,8,11,14-15H2,1H3. The van der Waals surface area contributed by atoms with Crippen molar-refractivity contribution in [1.82, 2.24) is 14.7 Å². The quantitative estimate of drug-likeness (QED) is 0.650. The molecule has 1 aromatic heterocycles. The summed E-state index contributed by atoms with van der Waals surface area (Å²) < 4.78 is 2.24. The van der Waals surface area contributed by atoms with E-state index in [0.29, 0.717) is 6.04 Å². The van der Waals surface area contributed by atoms with Crippen LogP contribution in [0, 0.1) is 0 Å². The lowest BCUT2D eigenvalue weighted by atomic mass is 10.0. The van der Waals surface area contributed by atoms with Crippen molar-refractivity contribution in [3.8, 4) is 0 Å². The molecule has 0 aliphatic carbocycles. The number of likely N-dealkylation sites (tertiary alicyclic amines) is 1. The molecule has 1 atom stereocenters. The van der Waals surface area contributed by atoms with Crippen LogP contribution in [0.3, 0.4) is 0 Å². The Kier molecular flexibility index (Phi) is 4.58. The maximum atomic E-state index is 4.67. The van der Waals surface area contributed by atoms with Crippen LogP contribution >= 0.6 is 11.8 Å². The molecular formula is C20H23N3S. The van der Waals surface area contributed by atoms with E-state index in [-0.39, 0.29) is 0 Å². The summed E-state index contributed by atoms with van der Waals surface area (Å²) in [6.45, 7) is 3.29. The number of nitrogens with zero attached hydrogens (tertiary/aromatic N) is 3. The van der Waals surface area contributed by atoms with Gasteiger partial charge in [-0.1, -0.05) is 30.3 Å². The fourth-order valence-corrected chi connectivity index (χ4v) is 4.17. The molecule has 0 amide bonds. The van der Waals surface area contributed by atoms with Crippen LogP contribution in [0.2, 0.25) is 0 Å². The van der Waals surface area contributed by atoms with E-state index >= 15 is 0 Å². The van der Waals surface area contributed by atoms with Gasteiger partial charge in [0.2, 0.25) is 0 Å². The molecule has 124 valence electrons. The summed E-state index contributed by atoms with van der Waals surface area (Å²) >= 11 is 1.81. The van der Waals surface area contributed by atoms with Gasteiger partial charge in [0.15, 0.2) is 0 Å². The van der Waals surface area contributed by atoms with Crippen molar-refractivity contribution in [3.63, 3.8) is 0 Å². The zero-order valence-corrected chi connectivity index (χ0v) is 14.9. The summed E-state index contributed by atoms with van der Waals surface area (Å²) in [6.07, 6.45) is 6.59. The number of hydrogen-bond acceptors (Lipinski definition) is 3. The van der Waals surface area contributed by atoms with E-state index in [1.54, 1.807) is 0 Å². The van der Waals surface area contributed by atoms with E-state index in [2.05, 4.69) is 69.5 Å². The van der Waals surface area contributed by atoms with Gasteiger partial charge in [-0.15, -0.1) is 11.8 Å². The second-order valence-corrected chi connectivity index (χ2v) is 7.41. The third kappa shape index (κ3) is 3.21. The fraction of sp³-hybridized carbons (Fsp3) is 0.350. The van der Waals surface area contributed by atoms with Crippen LogP contribution in [0.5, 0.6) is 0 Å². The molecule has 2 aromatic carbocycles. The molecule has 4 rings (SSSR count). The van der Waals surface area contributed by atoms with Crippen LogP contribution in [0.25, 0.3) is 10.9 Å². The van der Waals surface area contributed by atoms with E-state index in [1.165, 1.54) is 40.7 Å². The molecule has 0 N–H and O–H groups in total. The van der Waals surface area contributed by atoms with Gasteiger partial charge in [-0.05, 0) is 49.4 Å². The molecule has 3 aromatic rings. The van der Waals surface area contributed by atoms with Crippen molar-refractivity contribution < 1.29 is 0 Å². The molecule has 2 heterocycles. The molecule has 24 heavy (non-hydrogen) atoms. The summed E-state index contributed by atoms with van der Waals surface area (Å²) in [7, 11) is 0. The van der Waals surface area contributed by atoms with Crippen molar-refractivity contribution >= 4 is 22.7 Å². The Bertz CT molecular complexity index is 826. The minimum Gasteiger partial charge on any atom is -0.297 e. The molecule has 3 nitrogen and oxygen atoms in total. The smallest absolute Gasteiger partial charge is 0.0686 e. The molecule has 0 bridgehead atoms. The molecule has 0 saturated carbocycles. The van der Waals surface area contributed by atoms with Crippen LogP contribution in [0.1, 0.15) is 24.4 Å². The molecule has 0 spiro atoms. The van der Waals surface area contributed by atoms with Gasteiger partial charge in [-0.3, -0.25) is 9.58 Å². The Balaban J connectivity index is 1.51. The van der Waals surface area contributed by atoms with Crippen LogP contribution in [-0.2, 0) is 6.54 Å². The first-order valence-electron chi connectivity index (χ1n) is 8.61. The number of piperidine rings is 1. The van der Waals surface area contributed by atoms with Crippen molar-refractivity contribution in [3.05, 3.63) is 60.3 Å². The SMILES string of the molecule is CSc1cccc(CN2CCCC(n3ncc4ccccc43)C2)c1. The number of aromatic nitrogens is 2. The lowest BCUT2D eigenvalue weighted by molar-refractivity contribution is 0.165. The van der Waals surface area contributed by atoms with Crippen LogP contribution in [-0.4, -0.2) is 34.0 Å². The van der Waals surface area contributed by atoms with Gasteiger partial charge in [0, 0.05) is 23.4 Å². The second-order valence-electron chi connectivity index (χ2n) is 6.53. The first-order chi connectivity index (χ1) is 11.8. The number of rotatable bonds is 4. The summed E-state index contributed by atoms with van der Waals surface area (Å²) in [4.78, 5) is 3.92. The first-order valence-corrected chi connectivity index (χ1v) is 9.83. The molecule has 1 unspecified atom stereocenters. The van der Waals surface area contributed by atoms with Crippen LogP contribution in [0.4, 0.5) is 0 Å². The molecule has 1 saturated heterocycles.